The molecule has 4 rings (SSSR count). The number of methoxy groups -OCH3 is 1. The second-order valence-electron chi connectivity index (χ2n) is 7.71. The lowest BCUT2D eigenvalue weighted by atomic mass is 9.72. The highest BCUT2D eigenvalue weighted by atomic mass is 35.5. The summed E-state index contributed by atoms with van der Waals surface area (Å²) in [5, 5.41) is 4.23. The maximum absolute atomic E-state index is 13.2. The summed E-state index contributed by atoms with van der Waals surface area (Å²) in [4.78, 5) is 26.2. The number of rotatable bonds is 4. The molecule has 1 saturated carbocycles. The molecule has 0 saturated heterocycles. The van der Waals surface area contributed by atoms with E-state index in [9.17, 15) is 9.59 Å². The van der Waals surface area contributed by atoms with Gasteiger partial charge < -0.3 is 9.26 Å². The monoisotopic (exact) mass is 373 g/mol. The fourth-order valence-corrected chi connectivity index (χ4v) is 3.93. The van der Waals surface area contributed by atoms with Crippen LogP contribution in [0.25, 0.3) is 0 Å². The molecule has 0 radical (unpaired) electrons. The van der Waals surface area contributed by atoms with Crippen molar-refractivity contribution >= 4 is 23.2 Å². The number of fused-ring (bicyclic) bond motifs is 1. The average molecular weight is 374 g/mol. The molecule has 1 fully saturated rings. The number of carbonyl (C=O) groups is 2. The van der Waals surface area contributed by atoms with Crippen LogP contribution < -0.4 is 4.74 Å². The molecule has 2 aliphatic rings. The summed E-state index contributed by atoms with van der Waals surface area (Å²) in [5.74, 6) is 0.842. The number of carbonyl (C=O) groups excluding carboxylic acids is 2. The number of aromatic nitrogens is 1. The van der Waals surface area contributed by atoms with Crippen molar-refractivity contribution in [2.45, 2.75) is 45.4 Å². The standard InChI is InChI=1S/C20H20ClNO4/c1-20(2)7-6-11-14(21)8-12(18(25-3)15(11)19(20)24)16(23)13-9-22-26-17(13)10-4-5-10/h8-10H,4-7H2,1-3H3. The van der Waals surface area contributed by atoms with Gasteiger partial charge in [-0.25, -0.2) is 0 Å². The van der Waals surface area contributed by atoms with Crippen LogP contribution in [0.2, 0.25) is 5.02 Å². The first-order valence-electron chi connectivity index (χ1n) is 8.78. The maximum Gasteiger partial charge on any atom is 0.202 e. The van der Waals surface area contributed by atoms with Crippen LogP contribution in [-0.4, -0.2) is 23.8 Å². The third kappa shape index (κ3) is 2.57. The van der Waals surface area contributed by atoms with E-state index in [1.807, 2.05) is 13.8 Å². The van der Waals surface area contributed by atoms with Gasteiger partial charge in [0, 0.05) is 16.4 Å². The molecule has 2 aliphatic carbocycles. The first kappa shape index (κ1) is 17.3. The highest BCUT2D eigenvalue weighted by Gasteiger charge is 2.40. The molecule has 136 valence electrons. The fourth-order valence-electron chi connectivity index (χ4n) is 3.63. The number of hydrogen-bond donors (Lipinski definition) is 0. The summed E-state index contributed by atoms with van der Waals surface area (Å²) in [6, 6.07) is 1.61. The van der Waals surface area contributed by atoms with Gasteiger partial charge in [0.15, 0.2) is 11.5 Å². The molecule has 0 atom stereocenters. The van der Waals surface area contributed by atoms with Crippen molar-refractivity contribution in [3.05, 3.63) is 45.3 Å². The Kier molecular flexibility index (Phi) is 3.95. The van der Waals surface area contributed by atoms with E-state index in [0.717, 1.165) is 18.4 Å². The van der Waals surface area contributed by atoms with E-state index in [0.29, 0.717) is 40.5 Å². The molecule has 5 nitrogen and oxygen atoms in total. The van der Waals surface area contributed by atoms with Crippen LogP contribution in [0, 0.1) is 5.41 Å². The van der Waals surface area contributed by atoms with Gasteiger partial charge in [0.25, 0.3) is 0 Å². The lowest BCUT2D eigenvalue weighted by Crippen LogP contribution is -2.31. The Bertz CT molecular complexity index is 924. The van der Waals surface area contributed by atoms with Gasteiger partial charge in [-0.05, 0) is 37.3 Å². The quantitative estimate of drug-likeness (QED) is 0.732. The minimum atomic E-state index is -0.512. The number of Topliss-reactive ketones (excluding diaryl/α,β-unsaturated/α-hetero) is 1. The Labute approximate surface area is 156 Å². The minimum Gasteiger partial charge on any atom is -0.495 e. The van der Waals surface area contributed by atoms with Crippen molar-refractivity contribution in [3.8, 4) is 5.75 Å². The van der Waals surface area contributed by atoms with Crippen molar-refractivity contribution < 1.29 is 18.8 Å². The molecule has 0 unspecified atom stereocenters. The summed E-state index contributed by atoms with van der Waals surface area (Å²) >= 11 is 6.46. The van der Waals surface area contributed by atoms with Gasteiger partial charge in [0.2, 0.25) is 5.78 Å². The first-order valence-corrected chi connectivity index (χ1v) is 9.16. The van der Waals surface area contributed by atoms with Crippen LogP contribution in [0.1, 0.15) is 76.6 Å². The maximum atomic E-state index is 13.2. The largest absolute Gasteiger partial charge is 0.495 e. The summed E-state index contributed by atoms with van der Waals surface area (Å²) in [6.45, 7) is 3.82. The van der Waals surface area contributed by atoms with Crippen molar-refractivity contribution in [2.75, 3.05) is 7.11 Å². The molecule has 1 aromatic heterocycles. The van der Waals surface area contributed by atoms with Gasteiger partial charge in [-0.1, -0.05) is 30.6 Å². The normalized spacial score (nSPS) is 18.5. The van der Waals surface area contributed by atoms with Crippen LogP contribution in [0.4, 0.5) is 0 Å². The Balaban J connectivity index is 1.89. The Hall–Kier alpha value is -2.14. The van der Waals surface area contributed by atoms with Crippen molar-refractivity contribution in [1.29, 1.82) is 0 Å². The molecule has 0 N–H and O–H groups in total. The van der Waals surface area contributed by atoms with E-state index < -0.39 is 5.41 Å². The van der Waals surface area contributed by atoms with Crippen LogP contribution in [0.15, 0.2) is 16.8 Å². The Morgan fingerprint density at radius 2 is 2.08 bits per heavy atom. The van der Waals surface area contributed by atoms with Crippen LogP contribution in [0.3, 0.4) is 0 Å². The van der Waals surface area contributed by atoms with Crippen molar-refractivity contribution in [2.24, 2.45) is 5.41 Å². The van der Waals surface area contributed by atoms with Crippen LogP contribution in [-0.2, 0) is 6.42 Å². The van der Waals surface area contributed by atoms with E-state index in [4.69, 9.17) is 20.9 Å². The van der Waals surface area contributed by atoms with Crippen molar-refractivity contribution in [1.82, 2.24) is 5.16 Å². The third-order valence-electron chi connectivity index (χ3n) is 5.41. The van der Waals surface area contributed by atoms with Gasteiger partial charge in [-0.3, -0.25) is 9.59 Å². The number of ether oxygens (including phenoxy) is 1. The highest BCUT2D eigenvalue weighted by molar-refractivity contribution is 6.33. The molecule has 1 aromatic carbocycles. The van der Waals surface area contributed by atoms with Crippen LogP contribution >= 0.6 is 11.6 Å². The minimum absolute atomic E-state index is 0.0418. The predicted octanol–water partition coefficient (Wildman–Crippen LogP) is 4.60. The highest BCUT2D eigenvalue weighted by Crippen LogP contribution is 2.45. The second-order valence-corrected chi connectivity index (χ2v) is 8.12. The molecule has 0 bridgehead atoms. The van der Waals surface area contributed by atoms with E-state index in [2.05, 4.69) is 5.16 Å². The summed E-state index contributed by atoms with van der Waals surface area (Å²) < 4.78 is 10.8. The third-order valence-corrected chi connectivity index (χ3v) is 5.75. The van der Waals surface area contributed by atoms with Crippen molar-refractivity contribution in [3.63, 3.8) is 0 Å². The molecule has 1 heterocycles. The Morgan fingerprint density at radius 3 is 2.73 bits per heavy atom. The second kappa shape index (κ2) is 5.95. The zero-order valence-electron chi connectivity index (χ0n) is 15.0. The first-order chi connectivity index (χ1) is 12.3. The molecule has 2 aromatic rings. The lowest BCUT2D eigenvalue weighted by Gasteiger charge is -2.31. The fraction of sp³-hybridized carbons (Fsp3) is 0.450. The SMILES string of the molecule is COc1c(C(=O)c2cnoc2C2CC2)cc(Cl)c2c1C(=O)C(C)(C)CC2. The summed E-state index contributed by atoms with van der Waals surface area (Å²) in [5.41, 5.74) is 1.39. The van der Waals surface area contributed by atoms with Gasteiger partial charge in [-0.2, -0.15) is 0 Å². The zero-order valence-corrected chi connectivity index (χ0v) is 15.8. The van der Waals surface area contributed by atoms with Gasteiger partial charge in [0.05, 0.1) is 30.0 Å². The Morgan fingerprint density at radius 1 is 1.35 bits per heavy atom. The number of nitrogens with zero attached hydrogens (tertiary/aromatic N) is 1. The zero-order chi connectivity index (χ0) is 18.6. The molecular weight excluding hydrogens is 354 g/mol. The molecule has 6 heteroatoms. The van der Waals surface area contributed by atoms with E-state index in [-0.39, 0.29) is 23.0 Å². The number of halogens is 1. The van der Waals surface area contributed by atoms with Crippen LogP contribution in [0.5, 0.6) is 5.75 Å². The average Bonchev–Trinajstić information content (AvgIpc) is 3.34. The summed E-state index contributed by atoms with van der Waals surface area (Å²) in [7, 11) is 1.48. The van der Waals surface area contributed by atoms with Gasteiger partial charge >= 0.3 is 0 Å². The lowest BCUT2D eigenvalue weighted by molar-refractivity contribution is 0.0807. The number of ketones is 2. The number of hydrogen-bond acceptors (Lipinski definition) is 5. The molecule has 0 spiro atoms. The topological polar surface area (TPSA) is 69.4 Å². The van der Waals surface area contributed by atoms with E-state index >= 15 is 0 Å². The predicted molar refractivity (Wildman–Crippen MR) is 96.3 cm³/mol. The molecule has 26 heavy (non-hydrogen) atoms. The molecule has 0 amide bonds. The summed E-state index contributed by atoms with van der Waals surface area (Å²) in [6.07, 6.45) is 4.81. The van der Waals surface area contributed by atoms with E-state index in [1.54, 1.807) is 6.07 Å². The van der Waals surface area contributed by atoms with Gasteiger partial charge in [0.1, 0.15) is 5.75 Å². The molecule has 0 aliphatic heterocycles. The smallest absolute Gasteiger partial charge is 0.202 e. The molecular formula is C20H20ClNO4. The van der Waals surface area contributed by atoms with E-state index in [1.165, 1.54) is 13.3 Å². The van der Waals surface area contributed by atoms with Gasteiger partial charge in [-0.15, -0.1) is 0 Å². The number of benzene rings is 1.